The van der Waals surface area contributed by atoms with Gasteiger partial charge in [-0.1, -0.05) is 24.8 Å². The van der Waals surface area contributed by atoms with E-state index in [0.29, 0.717) is 9.63 Å². The largest absolute Gasteiger partial charge is 0.350 e. The normalized spacial score (nSPS) is 10.5. The van der Waals surface area contributed by atoms with Crippen LogP contribution in [0.5, 0.6) is 0 Å². The fraction of sp³-hybridized carbons (Fsp3) is 0.368. The zero-order valence-corrected chi connectivity index (χ0v) is 18.0. The first-order chi connectivity index (χ1) is 12.9. The summed E-state index contributed by atoms with van der Waals surface area (Å²) in [6, 6.07) is 5.76. The molecule has 0 unspecified atom stereocenters. The molecule has 0 radical (unpaired) electrons. The topological polar surface area (TPSA) is 84.0 Å². The second kappa shape index (κ2) is 10.4. The molecule has 2 rings (SSSR count). The molecule has 1 heterocycles. The van der Waals surface area contributed by atoms with Crippen LogP contribution in [0.1, 0.15) is 41.4 Å². The summed E-state index contributed by atoms with van der Waals surface area (Å²) in [6.07, 6.45) is 2.76. The summed E-state index contributed by atoms with van der Waals surface area (Å²) in [5, 5.41) is 6.14. The van der Waals surface area contributed by atoms with Crippen LogP contribution in [0.4, 0.5) is 5.69 Å². The Hall–Kier alpha value is -1.93. The Balaban J connectivity index is 1.86. The Labute approximate surface area is 172 Å². The van der Waals surface area contributed by atoms with Crippen LogP contribution in [0, 0.1) is 13.8 Å². The molecular weight excluding hydrogens is 428 g/mol. The summed E-state index contributed by atoms with van der Waals surface area (Å²) in [5.74, 6) is 0.405. The van der Waals surface area contributed by atoms with Crippen LogP contribution in [0.3, 0.4) is 0 Å². The third kappa shape index (κ3) is 6.62. The van der Waals surface area contributed by atoms with E-state index in [1.165, 1.54) is 17.3 Å². The molecule has 6 nitrogen and oxygen atoms in total. The minimum absolute atomic E-state index is 0.153. The summed E-state index contributed by atoms with van der Waals surface area (Å²) >= 11 is 4.81. The first-order valence-corrected chi connectivity index (χ1v) is 10.5. The standard InChI is InChI=1S/C19H23BrN4O2S/c1-4-9-27-19-22-11-15(20)17(24-19)18(26)21-8-7-16(25)23-14-6-5-12(2)13(3)10-14/h5-6,10-11H,4,7-9H2,1-3H3,(H,21,26)(H,23,25). The number of benzene rings is 1. The third-order valence-corrected chi connectivity index (χ3v) is 5.45. The van der Waals surface area contributed by atoms with Gasteiger partial charge in [-0.15, -0.1) is 0 Å². The number of nitrogens with one attached hydrogen (secondary N) is 2. The highest BCUT2D eigenvalue weighted by atomic mass is 79.9. The van der Waals surface area contributed by atoms with E-state index in [4.69, 9.17) is 0 Å². The molecule has 2 aromatic rings. The number of anilines is 1. The van der Waals surface area contributed by atoms with Crippen LogP contribution in [0.15, 0.2) is 34.0 Å². The van der Waals surface area contributed by atoms with Crippen molar-refractivity contribution in [3.63, 3.8) is 0 Å². The van der Waals surface area contributed by atoms with Gasteiger partial charge in [0.05, 0.1) is 4.47 Å². The van der Waals surface area contributed by atoms with Crippen LogP contribution in [-0.2, 0) is 4.79 Å². The van der Waals surface area contributed by atoms with Gasteiger partial charge in [-0.3, -0.25) is 9.59 Å². The van der Waals surface area contributed by atoms with E-state index in [1.807, 2.05) is 32.0 Å². The number of aromatic nitrogens is 2. The molecule has 0 spiro atoms. The predicted molar refractivity (Wildman–Crippen MR) is 112 cm³/mol. The highest BCUT2D eigenvalue weighted by molar-refractivity contribution is 9.10. The summed E-state index contributed by atoms with van der Waals surface area (Å²) in [4.78, 5) is 32.9. The minimum Gasteiger partial charge on any atom is -0.350 e. The second-order valence-corrected chi connectivity index (χ2v) is 7.97. The lowest BCUT2D eigenvalue weighted by Crippen LogP contribution is -2.28. The number of carbonyl (C=O) groups excluding carboxylic acids is 2. The number of aryl methyl sites for hydroxylation is 2. The van der Waals surface area contributed by atoms with Gasteiger partial charge < -0.3 is 10.6 Å². The fourth-order valence-electron chi connectivity index (χ4n) is 2.19. The van der Waals surface area contributed by atoms with Crippen LogP contribution in [0.2, 0.25) is 0 Å². The van der Waals surface area contributed by atoms with E-state index in [9.17, 15) is 9.59 Å². The van der Waals surface area contributed by atoms with Gasteiger partial charge >= 0.3 is 0 Å². The first-order valence-electron chi connectivity index (χ1n) is 8.71. The minimum atomic E-state index is -0.332. The number of nitrogens with zero attached hydrogens (tertiary/aromatic N) is 2. The molecule has 0 aliphatic carbocycles. The lowest BCUT2D eigenvalue weighted by molar-refractivity contribution is -0.116. The van der Waals surface area contributed by atoms with Crippen molar-refractivity contribution in [2.45, 2.75) is 38.8 Å². The Morgan fingerprint density at radius 3 is 2.70 bits per heavy atom. The van der Waals surface area contributed by atoms with Gasteiger partial charge in [0.1, 0.15) is 5.69 Å². The highest BCUT2D eigenvalue weighted by Gasteiger charge is 2.14. The number of halogens is 1. The van der Waals surface area contributed by atoms with Crippen molar-refractivity contribution in [3.05, 3.63) is 45.7 Å². The van der Waals surface area contributed by atoms with Gasteiger partial charge in [-0.05, 0) is 59.5 Å². The lowest BCUT2D eigenvalue weighted by Gasteiger charge is -2.09. The van der Waals surface area contributed by atoms with Gasteiger partial charge in [0.15, 0.2) is 5.16 Å². The number of hydrogen-bond acceptors (Lipinski definition) is 5. The lowest BCUT2D eigenvalue weighted by atomic mass is 10.1. The van der Waals surface area contributed by atoms with E-state index >= 15 is 0 Å². The molecule has 0 saturated carbocycles. The van der Waals surface area contributed by atoms with E-state index in [1.54, 1.807) is 6.20 Å². The van der Waals surface area contributed by atoms with Crippen LogP contribution in [0.25, 0.3) is 0 Å². The second-order valence-electron chi connectivity index (χ2n) is 6.05. The van der Waals surface area contributed by atoms with Gasteiger partial charge in [0, 0.05) is 30.6 Å². The summed E-state index contributed by atoms with van der Waals surface area (Å²) in [5.41, 5.74) is 3.32. The Morgan fingerprint density at radius 2 is 2.00 bits per heavy atom. The number of thioether (sulfide) groups is 1. The smallest absolute Gasteiger partial charge is 0.271 e. The van der Waals surface area contributed by atoms with Crippen LogP contribution < -0.4 is 10.6 Å². The maximum absolute atomic E-state index is 12.3. The SMILES string of the molecule is CCCSc1ncc(Br)c(C(=O)NCCC(=O)Nc2ccc(C)c(C)c2)n1. The van der Waals surface area contributed by atoms with Gasteiger partial charge in [-0.25, -0.2) is 9.97 Å². The predicted octanol–water partition coefficient (Wildman–Crippen LogP) is 4.12. The first kappa shape index (κ1) is 21.4. The molecule has 2 amide bonds. The number of amides is 2. The molecule has 1 aromatic carbocycles. The summed E-state index contributed by atoms with van der Waals surface area (Å²) in [6.45, 7) is 6.32. The molecule has 8 heteroatoms. The fourth-order valence-corrected chi connectivity index (χ4v) is 3.23. The average molecular weight is 451 g/mol. The zero-order valence-electron chi connectivity index (χ0n) is 15.6. The Kier molecular flexibility index (Phi) is 8.24. The van der Waals surface area contributed by atoms with Crippen molar-refractivity contribution in [3.8, 4) is 0 Å². The quantitative estimate of drug-likeness (QED) is 0.466. The number of hydrogen-bond donors (Lipinski definition) is 2. The molecule has 2 N–H and O–H groups in total. The molecular formula is C19H23BrN4O2S. The Bertz CT molecular complexity index is 829. The van der Waals surface area contributed by atoms with Crippen LogP contribution in [-0.4, -0.2) is 34.1 Å². The van der Waals surface area contributed by atoms with Crippen molar-refractivity contribution in [2.24, 2.45) is 0 Å². The maximum Gasteiger partial charge on any atom is 0.271 e. The summed E-state index contributed by atoms with van der Waals surface area (Å²) in [7, 11) is 0. The van der Waals surface area contributed by atoms with Crippen molar-refractivity contribution >= 4 is 45.2 Å². The monoisotopic (exact) mass is 450 g/mol. The molecule has 0 fully saturated rings. The van der Waals surface area contributed by atoms with Crippen molar-refractivity contribution in [2.75, 3.05) is 17.6 Å². The molecule has 27 heavy (non-hydrogen) atoms. The zero-order chi connectivity index (χ0) is 19.8. The van der Waals surface area contributed by atoms with Gasteiger partial charge in [0.25, 0.3) is 5.91 Å². The van der Waals surface area contributed by atoms with E-state index < -0.39 is 0 Å². The molecule has 0 atom stereocenters. The van der Waals surface area contributed by atoms with Crippen molar-refractivity contribution < 1.29 is 9.59 Å². The van der Waals surface area contributed by atoms with Crippen molar-refractivity contribution in [1.82, 2.24) is 15.3 Å². The summed E-state index contributed by atoms with van der Waals surface area (Å²) < 4.78 is 0.528. The molecule has 0 aliphatic heterocycles. The maximum atomic E-state index is 12.3. The van der Waals surface area contributed by atoms with E-state index in [-0.39, 0.29) is 30.5 Å². The number of carbonyl (C=O) groups is 2. The Morgan fingerprint density at radius 1 is 1.22 bits per heavy atom. The number of rotatable bonds is 8. The average Bonchev–Trinajstić information content (AvgIpc) is 2.64. The van der Waals surface area contributed by atoms with E-state index in [0.717, 1.165) is 23.4 Å². The molecule has 144 valence electrons. The van der Waals surface area contributed by atoms with Crippen molar-refractivity contribution in [1.29, 1.82) is 0 Å². The third-order valence-electron chi connectivity index (χ3n) is 3.80. The molecule has 0 saturated heterocycles. The van der Waals surface area contributed by atoms with Gasteiger partial charge in [0.2, 0.25) is 5.91 Å². The molecule has 1 aromatic heterocycles. The van der Waals surface area contributed by atoms with Crippen LogP contribution >= 0.6 is 27.7 Å². The molecule has 0 bridgehead atoms. The van der Waals surface area contributed by atoms with Gasteiger partial charge in [-0.2, -0.15) is 0 Å². The molecule has 0 aliphatic rings. The highest BCUT2D eigenvalue weighted by Crippen LogP contribution is 2.19. The van der Waals surface area contributed by atoms with E-state index in [2.05, 4.69) is 43.5 Å².